The maximum absolute atomic E-state index is 10.6. The zero-order chi connectivity index (χ0) is 13.7. The van der Waals surface area contributed by atoms with Gasteiger partial charge in [0.1, 0.15) is 5.60 Å². The largest absolute Gasteiger partial charge is 0.462 e. The summed E-state index contributed by atoms with van der Waals surface area (Å²) < 4.78 is 4.55. The lowest BCUT2D eigenvalue weighted by atomic mass is 10.0. The van der Waals surface area contributed by atoms with Crippen LogP contribution in [0.15, 0.2) is 0 Å². The average Bonchev–Trinajstić information content (AvgIpc) is 2.45. The van der Waals surface area contributed by atoms with Crippen molar-refractivity contribution in [1.29, 1.82) is 0 Å². The Labute approximate surface area is 103 Å². The molecule has 1 heterocycles. The van der Waals surface area contributed by atoms with E-state index >= 15 is 0 Å². The summed E-state index contributed by atoms with van der Waals surface area (Å²) >= 11 is 0. The molecule has 0 saturated carbocycles. The number of amides is 1. The predicted octanol–water partition coefficient (Wildman–Crippen LogP) is 0.960. The highest BCUT2D eigenvalue weighted by molar-refractivity contribution is 5.80. The van der Waals surface area contributed by atoms with Crippen molar-refractivity contribution in [2.45, 2.75) is 64.6 Å². The number of nitrogens with one attached hydrogen (secondary N) is 1. The summed E-state index contributed by atoms with van der Waals surface area (Å²) in [4.78, 5) is 20.2. The molecule has 17 heavy (non-hydrogen) atoms. The zero-order valence-electron chi connectivity index (χ0n) is 11.4. The third kappa shape index (κ3) is 7.74. The van der Waals surface area contributed by atoms with E-state index in [0.29, 0.717) is 6.47 Å². The van der Waals surface area contributed by atoms with Crippen molar-refractivity contribution in [2.24, 2.45) is 5.73 Å². The summed E-state index contributed by atoms with van der Waals surface area (Å²) in [6.45, 7) is 10.1. The summed E-state index contributed by atoms with van der Waals surface area (Å²) in [6, 6.07) is -0.102. The Kier molecular flexibility index (Phi) is 5.61. The van der Waals surface area contributed by atoms with E-state index in [1.165, 1.54) is 0 Å². The molecule has 0 radical (unpaired) electrons. The van der Waals surface area contributed by atoms with Crippen LogP contribution >= 0.6 is 0 Å². The minimum absolute atomic E-state index is 0.0969. The van der Waals surface area contributed by atoms with Gasteiger partial charge in [-0.2, -0.15) is 0 Å². The highest BCUT2D eigenvalue weighted by Gasteiger charge is 2.32. The maximum Gasteiger partial charge on any atom is 0.293 e. The molecule has 5 heteroatoms. The molecule has 1 aliphatic heterocycles. The number of primary amides is 1. The van der Waals surface area contributed by atoms with Crippen molar-refractivity contribution in [2.75, 3.05) is 0 Å². The fourth-order valence-electron chi connectivity index (χ4n) is 1.48. The molecule has 0 aromatic heterocycles. The van der Waals surface area contributed by atoms with Crippen LogP contribution in [0.5, 0.6) is 0 Å². The topological polar surface area (TPSA) is 81.4 Å². The molecular formula is C12H24N2O3. The lowest BCUT2D eigenvalue weighted by Gasteiger charge is -2.18. The first-order chi connectivity index (χ1) is 7.57. The Balaban J connectivity index is 0.000000325. The highest BCUT2D eigenvalue weighted by atomic mass is 16.5. The highest BCUT2D eigenvalue weighted by Crippen LogP contribution is 2.21. The van der Waals surface area contributed by atoms with Crippen molar-refractivity contribution in [3.8, 4) is 0 Å². The van der Waals surface area contributed by atoms with Crippen LogP contribution in [0.1, 0.15) is 47.5 Å². The van der Waals surface area contributed by atoms with E-state index in [-0.39, 0.29) is 23.1 Å². The average molecular weight is 244 g/mol. The molecule has 100 valence electrons. The van der Waals surface area contributed by atoms with Gasteiger partial charge in [-0.1, -0.05) is 0 Å². The van der Waals surface area contributed by atoms with Crippen LogP contribution in [0.3, 0.4) is 0 Å². The molecule has 1 fully saturated rings. The van der Waals surface area contributed by atoms with Crippen LogP contribution in [0.25, 0.3) is 0 Å². The number of carbonyl (C=O) groups excluding carboxylic acids is 2. The van der Waals surface area contributed by atoms with Gasteiger partial charge in [-0.05, 0) is 47.5 Å². The SMILES string of the molecule is CC(C)(C)OC=O.CC1(C)CC[C@@H](C(N)=O)N1. The lowest BCUT2D eigenvalue weighted by Crippen LogP contribution is -2.44. The molecule has 1 amide bonds. The molecule has 0 aromatic carbocycles. The summed E-state index contributed by atoms with van der Waals surface area (Å²) in [5.41, 5.74) is 4.90. The van der Waals surface area contributed by atoms with Gasteiger partial charge in [0, 0.05) is 5.54 Å². The monoisotopic (exact) mass is 244 g/mol. The Hall–Kier alpha value is -1.10. The van der Waals surface area contributed by atoms with Gasteiger partial charge in [-0.3, -0.25) is 9.59 Å². The standard InChI is InChI=1S/C7H14N2O.C5H10O2/c1-7(2)4-3-5(9-7)6(8)10;1-5(2,3)7-4-6/h5,9H,3-4H2,1-2H3,(H2,8,10);4H,1-3H3/t5-;/m0./s1. The molecule has 0 aromatic rings. The Morgan fingerprint density at radius 1 is 1.47 bits per heavy atom. The minimum atomic E-state index is -0.318. The van der Waals surface area contributed by atoms with Gasteiger partial charge in [-0.25, -0.2) is 0 Å². The smallest absolute Gasteiger partial charge is 0.293 e. The number of carbonyl (C=O) groups is 2. The number of ether oxygens (including phenoxy) is 1. The van der Waals surface area contributed by atoms with Crippen molar-refractivity contribution in [3.63, 3.8) is 0 Å². The Morgan fingerprint density at radius 2 is 2.00 bits per heavy atom. The van der Waals surface area contributed by atoms with E-state index < -0.39 is 0 Å². The van der Waals surface area contributed by atoms with Crippen LogP contribution in [0, 0.1) is 0 Å². The lowest BCUT2D eigenvalue weighted by molar-refractivity contribution is -0.138. The van der Waals surface area contributed by atoms with Crippen molar-refractivity contribution < 1.29 is 14.3 Å². The van der Waals surface area contributed by atoms with E-state index in [1.807, 2.05) is 20.8 Å². The second kappa shape index (κ2) is 6.00. The maximum atomic E-state index is 10.6. The van der Waals surface area contributed by atoms with Gasteiger partial charge < -0.3 is 15.8 Å². The van der Waals surface area contributed by atoms with E-state index in [4.69, 9.17) is 5.73 Å². The second-order valence-corrected chi connectivity index (χ2v) is 5.85. The number of hydrogen-bond donors (Lipinski definition) is 2. The molecule has 1 aliphatic rings. The van der Waals surface area contributed by atoms with Crippen LogP contribution in [0.2, 0.25) is 0 Å². The van der Waals surface area contributed by atoms with Crippen LogP contribution in [0.4, 0.5) is 0 Å². The molecule has 0 bridgehead atoms. The molecule has 1 saturated heterocycles. The Morgan fingerprint density at radius 3 is 2.12 bits per heavy atom. The number of hydrogen-bond acceptors (Lipinski definition) is 4. The molecule has 0 unspecified atom stereocenters. The molecule has 1 atom stereocenters. The van der Waals surface area contributed by atoms with E-state index in [2.05, 4.69) is 23.9 Å². The molecular weight excluding hydrogens is 220 g/mol. The van der Waals surface area contributed by atoms with Crippen molar-refractivity contribution in [1.82, 2.24) is 5.32 Å². The van der Waals surface area contributed by atoms with Gasteiger partial charge in [0.05, 0.1) is 6.04 Å². The van der Waals surface area contributed by atoms with Gasteiger partial charge in [0.25, 0.3) is 6.47 Å². The fourth-order valence-corrected chi connectivity index (χ4v) is 1.48. The zero-order valence-corrected chi connectivity index (χ0v) is 11.4. The van der Waals surface area contributed by atoms with Crippen LogP contribution in [-0.2, 0) is 14.3 Å². The number of nitrogens with two attached hydrogens (primary N) is 1. The summed E-state index contributed by atoms with van der Waals surface area (Å²) in [5.74, 6) is -0.231. The van der Waals surface area contributed by atoms with Gasteiger partial charge in [0.2, 0.25) is 5.91 Å². The van der Waals surface area contributed by atoms with E-state index in [0.717, 1.165) is 12.8 Å². The molecule has 0 spiro atoms. The van der Waals surface area contributed by atoms with Crippen LogP contribution in [-0.4, -0.2) is 29.6 Å². The normalized spacial score (nSPS) is 22.3. The quantitative estimate of drug-likeness (QED) is 0.709. The summed E-state index contributed by atoms with van der Waals surface area (Å²) in [5, 5.41) is 3.16. The first-order valence-electron chi connectivity index (χ1n) is 5.76. The molecule has 3 N–H and O–H groups in total. The second-order valence-electron chi connectivity index (χ2n) is 5.85. The van der Waals surface area contributed by atoms with Gasteiger partial charge in [-0.15, -0.1) is 0 Å². The third-order valence-electron chi connectivity index (χ3n) is 2.37. The third-order valence-corrected chi connectivity index (χ3v) is 2.37. The van der Waals surface area contributed by atoms with Crippen molar-refractivity contribution in [3.05, 3.63) is 0 Å². The molecule has 1 rings (SSSR count). The predicted molar refractivity (Wildman–Crippen MR) is 66.3 cm³/mol. The summed E-state index contributed by atoms with van der Waals surface area (Å²) in [6.07, 6.45) is 1.91. The minimum Gasteiger partial charge on any atom is -0.462 e. The number of rotatable bonds is 2. The van der Waals surface area contributed by atoms with Gasteiger partial charge in [0.15, 0.2) is 0 Å². The first-order valence-corrected chi connectivity index (χ1v) is 5.76. The first kappa shape index (κ1) is 15.9. The fraction of sp³-hybridized carbons (Fsp3) is 0.833. The molecule has 5 nitrogen and oxygen atoms in total. The van der Waals surface area contributed by atoms with E-state index in [9.17, 15) is 9.59 Å². The van der Waals surface area contributed by atoms with Crippen LogP contribution < -0.4 is 11.1 Å². The van der Waals surface area contributed by atoms with Gasteiger partial charge >= 0.3 is 0 Å². The Bertz CT molecular complexity index is 269. The summed E-state index contributed by atoms with van der Waals surface area (Å²) in [7, 11) is 0. The van der Waals surface area contributed by atoms with E-state index in [1.54, 1.807) is 0 Å². The van der Waals surface area contributed by atoms with Crippen molar-refractivity contribution >= 4 is 12.4 Å². The molecule has 0 aliphatic carbocycles.